The average molecular weight is 293 g/mol. The van der Waals surface area contributed by atoms with Crippen LogP contribution in [0.3, 0.4) is 0 Å². The molecule has 1 N–H and O–H groups in total. The standard InChI is InChI=1S/C18H14.HNOS/c1-3-8-15(9-4-1)17-12-7-13-18(14-17)16-10-5-2-6-11-16;1-3-2/h1-14H;1H. The normalized spacial score (nSPS) is 9.33. The molecule has 3 aromatic carbocycles. The lowest BCUT2D eigenvalue weighted by atomic mass is 9.99. The molecule has 3 aromatic rings. The van der Waals surface area contributed by atoms with Crippen molar-refractivity contribution >= 4 is 11.5 Å². The smallest absolute Gasteiger partial charge is 0.196 e. The molecular formula is C18H15NOS. The van der Waals surface area contributed by atoms with Gasteiger partial charge in [0.25, 0.3) is 0 Å². The van der Waals surface area contributed by atoms with E-state index in [1.807, 2.05) is 12.1 Å². The molecule has 0 atom stereocenters. The van der Waals surface area contributed by atoms with Crippen LogP contribution in [0.4, 0.5) is 0 Å². The third-order valence-electron chi connectivity index (χ3n) is 3.08. The van der Waals surface area contributed by atoms with Gasteiger partial charge >= 0.3 is 0 Å². The zero-order chi connectivity index (χ0) is 14.9. The Labute approximate surface area is 128 Å². The van der Waals surface area contributed by atoms with E-state index < -0.39 is 0 Å². The summed E-state index contributed by atoms with van der Waals surface area (Å²) in [4.78, 5) is 0. The van der Waals surface area contributed by atoms with Gasteiger partial charge in [0.15, 0.2) is 11.5 Å². The number of nitrogens with one attached hydrogen (secondary N) is 1. The fourth-order valence-corrected chi connectivity index (χ4v) is 2.14. The maximum Gasteiger partial charge on any atom is 0.196 e. The number of benzene rings is 3. The molecule has 0 bridgehead atoms. The SMILES string of the molecule is N=S=O.c1ccc(-c2cccc(-c3ccccc3)c2)cc1. The van der Waals surface area contributed by atoms with Gasteiger partial charge in [0.05, 0.1) is 0 Å². The second-order valence-corrected chi connectivity index (χ2v) is 4.56. The van der Waals surface area contributed by atoms with Crippen LogP contribution in [0.15, 0.2) is 84.9 Å². The molecule has 0 unspecified atom stereocenters. The third-order valence-corrected chi connectivity index (χ3v) is 3.08. The first-order valence-corrected chi connectivity index (χ1v) is 7.26. The van der Waals surface area contributed by atoms with Crippen LogP contribution in [0.2, 0.25) is 0 Å². The Morgan fingerprint density at radius 1 is 0.571 bits per heavy atom. The van der Waals surface area contributed by atoms with Gasteiger partial charge in [-0.3, -0.25) is 0 Å². The van der Waals surface area contributed by atoms with Crippen LogP contribution >= 0.6 is 0 Å². The van der Waals surface area contributed by atoms with E-state index in [4.69, 9.17) is 8.99 Å². The van der Waals surface area contributed by atoms with E-state index in [1.165, 1.54) is 22.3 Å². The van der Waals surface area contributed by atoms with Crippen LogP contribution in [0, 0.1) is 4.78 Å². The minimum Gasteiger partial charge on any atom is -0.210 e. The van der Waals surface area contributed by atoms with E-state index in [0.717, 1.165) is 0 Å². The minimum absolute atomic E-state index is 0.250. The summed E-state index contributed by atoms with van der Waals surface area (Å²) < 4.78 is 14.1. The number of hydrogen-bond donors (Lipinski definition) is 1. The highest BCUT2D eigenvalue weighted by Crippen LogP contribution is 2.25. The van der Waals surface area contributed by atoms with E-state index in [0.29, 0.717) is 0 Å². The first-order chi connectivity index (χ1) is 10.3. The maximum atomic E-state index is 8.51. The molecule has 0 radical (unpaired) electrons. The largest absolute Gasteiger partial charge is 0.210 e. The lowest BCUT2D eigenvalue weighted by molar-refractivity contribution is 0.697. The van der Waals surface area contributed by atoms with Gasteiger partial charge in [-0.05, 0) is 28.3 Å². The lowest BCUT2D eigenvalue weighted by Gasteiger charge is -2.05. The molecule has 0 aliphatic heterocycles. The first kappa shape index (κ1) is 14.9. The Balaban J connectivity index is 0.000000497. The summed E-state index contributed by atoms with van der Waals surface area (Å²) in [5.41, 5.74) is 5.04. The summed E-state index contributed by atoms with van der Waals surface area (Å²) in [6.07, 6.45) is 0. The van der Waals surface area contributed by atoms with Crippen LogP contribution in [0.1, 0.15) is 0 Å². The second-order valence-electron chi connectivity index (χ2n) is 4.40. The zero-order valence-corrected chi connectivity index (χ0v) is 12.2. The van der Waals surface area contributed by atoms with Crippen LogP contribution in [0.25, 0.3) is 22.3 Å². The van der Waals surface area contributed by atoms with Gasteiger partial charge in [0, 0.05) is 0 Å². The fraction of sp³-hybridized carbons (Fsp3) is 0. The Bertz CT molecular complexity index is 666. The molecule has 3 heteroatoms. The molecule has 0 aromatic heterocycles. The van der Waals surface area contributed by atoms with Crippen molar-refractivity contribution in [1.29, 1.82) is 4.78 Å². The maximum absolute atomic E-state index is 8.51. The number of rotatable bonds is 2. The molecule has 0 aliphatic carbocycles. The van der Waals surface area contributed by atoms with Crippen molar-refractivity contribution in [1.82, 2.24) is 0 Å². The van der Waals surface area contributed by atoms with Gasteiger partial charge in [-0.15, -0.1) is 0 Å². The Morgan fingerprint density at radius 2 is 0.905 bits per heavy atom. The van der Waals surface area contributed by atoms with Crippen molar-refractivity contribution in [2.75, 3.05) is 0 Å². The quantitative estimate of drug-likeness (QED) is 0.711. The molecule has 2 nitrogen and oxygen atoms in total. The molecule has 0 saturated carbocycles. The van der Waals surface area contributed by atoms with E-state index in [1.54, 1.807) is 0 Å². The van der Waals surface area contributed by atoms with Crippen LogP contribution in [-0.4, -0.2) is 4.21 Å². The zero-order valence-electron chi connectivity index (χ0n) is 11.4. The molecule has 0 amide bonds. The topological polar surface area (TPSA) is 40.9 Å². The molecule has 0 heterocycles. The van der Waals surface area contributed by atoms with E-state index >= 15 is 0 Å². The van der Waals surface area contributed by atoms with Gasteiger partial charge < -0.3 is 0 Å². The molecular weight excluding hydrogens is 278 g/mol. The van der Waals surface area contributed by atoms with Crippen molar-refractivity contribution < 1.29 is 4.21 Å². The highest BCUT2D eigenvalue weighted by molar-refractivity contribution is 7.53. The summed E-state index contributed by atoms with van der Waals surface area (Å²) >= 11 is -0.250. The van der Waals surface area contributed by atoms with Gasteiger partial charge in [-0.25, -0.2) is 4.78 Å². The highest BCUT2D eigenvalue weighted by atomic mass is 32.1. The van der Waals surface area contributed by atoms with Gasteiger partial charge in [-0.1, -0.05) is 78.9 Å². The van der Waals surface area contributed by atoms with E-state index in [9.17, 15) is 0 Å². The van der Waals surface area contributed by atoms with Gasteiger partial charge in [-0.2, -0.15) is 4.21 Å². The van der Waals surface area contributed by atoms with Gasteiger partial charge in [0.1, 0.15) is 0 Å². The third kappa shape index (κ3) is 4.23. The van der Waals surface area contributed by atoms with Crippen LogP contribution < -0.4 is 0 Å². The Kier molecular flexibility index (Phi) is 5.61. The molecule has 0 fully saturated rings. The average Bonchev–Trinajstić information content (AvgIpc) is 2.57. The van der Waals surface area contributed by atoms with Crippen molar-refractivity contribution in [3.8, 4) is 22.3 Å². The molecule has 0 aliphatic rings. The monoisotopic (exact) mass is 293 g/mol. The number of hydrogen-bond acceptors (Lipinski definition) is 2. The van der Waals surface area contributed by atoms with Crippen molar-refractivity contribution in [3.05, 3.63) is 84.9 Å². The highest BCUT2D eigenvalue weighted by Gasteiger charge is 2.00. The summed E-state index contributed by atoms with van der Waals surface area (Å²) in [5, 5.41) is 0. The predicted molar refractivity (Wildman–Crippen MR) is 88.2 cm³/mol. The van der Waals surface area contributed by atoms with Crippen molar-refractivity contribution in [3.63, 3.8) is 0 Å². The molecule has 21 heavy (non-hydrogen) atoms. The lowest BCUT2D eigenvalue weighted by Crippen LogP contribution is -1.80. The van der Waals surface area contributed by atoms with E-state index in [2.05, 4.69) is 72.8 Å². The van der Waals surface area contributed by atoms with Crippen molar-refractivity contribution in [2.45, 2.75) is 0 Å². The molecule has 0 saturated heterocycles. The minimum atomic E-state index is -0.250. The second kappa shape index (κ2) is 7.92. The van der Waals surface area contributed by atoms with Gasteiger partial charge in [0.2, 0.25) is 0 Å². The van der Waals surface area contributed by atoms with E-state index in [-0.39, 0.29) is 11.5 Å². The molecule has 3 rings (SSSR count). The molecule has 0 spiro atoms. The predicted octanol–water partition coefficient (Wildman–Crippen LogP) is 4.98. The Hall–Kier alpha value is -2.52. The van der Waals surface area contributed by atoms with Crippen molar-refractivity contribution in [2.24, 2.45) is 0 Å². The fourth-order valence-electron chi connectivity index (χ4n) is 2.14. The Morgan fingerprint density at radius 3 is 1.29 bits per heavy atom. The first-order valence-electron chi connectivity index (χ1n) is 6.51. The molecule has 104 valence electrons. The summed E-state index contributed by atoms with van der Waals surface area (Å²) in [7, 11) is 0. The summed E-state index contributed by atoms with van der Waals surface area (Å²) in [6, 6.07) is 29.6. The summed E-state index contributed by atoms with van der Waals surface area (Å²) in [5.74, 6) is 0. The van der Waals surface area contributed by atoms with Crippen LogP contribution in [-0.2, 0) is 11.5 Å². The van der Waals surface area contributed by atoms with Crippen LogP contribution in [0.5, 0.6) is 0 Å². The summed E-state index contributed by atoms with van der Waals surface area (Å²) in [6.45, 7) is 0.